The van der Waals surface area contributed by atoms with E-state index in [-0.39, 0.29) is 23.8 Å². The zero-order valence-corrected chi connectivity index (χ0v) is 16.2. The van der Waals surface area contributed by atoms with E-state index in [1.165, 1.54) is 14.2 Å². The van der Waals surface area contributed by atoms with Gasteiger partial charge in [-0.2, -0.15) is 0 Å². The number of sulfonamides is 1. The van der Waals surface area contributed by atoms with Gasteiger partial charge in [0.2, 0.25) is 15.9 Å². The highest BCUT2D eigenvalue weighted by Crippen LogP contribution is 2.33. The van der Waals surface area contributed by atoms with Crippen LogP contribution < -0.4 is 19.1 Å². The number of carbonyl (C=O) groups excluding carboxylic acids is 1. The smallest absolute Gasteiger partial charge is 0.240 e. The van der Waals surface area contributed by atoms with Gasteiger partial charge in [-0.1, -0.05) is 17.7 Å². The molecule has 3 rings (SSSR count). The summed E-state index contributed by atoms with van der Waals surface area (Å²) in [6, 6.07) is 11.3. The molecular weight excluding hydrogens is 368 g/mol. The van der Waals surface area contributed by atoms with E-state index >= 15 is 0 Å². The van der Waals surface area contributed by atoms with Gasteiger partial charge in [0.25, 0.3) is 0 Å². The molecule has 1 aliphatic rings. The third-order valence-electron chi connectivity index (χ3n) is 4.46. The Morgan fingerprint density at radius 3 is 2.33 bits per heavy atom. The van der Waals surface area contributed by atoms with Crippen LogP contribution in [0.2, 0.25) is 0 Å². The molecule has 1 atom stereocenters. The fraction of sp³-hybridized carbons (Fsp3) is 0.316. The maximum atomic E-state index is 12.6. The second-order valence-corrected chi connectivity index (χ2v) is 8.09. The van der Waals surface area contributed by atoms with E-state index in [0.717, 1.165) is 5.56 Å². The molecule has 1 amide bonds. The van der Waals surface area contributed by atoms with Crippen LogP contribution in [0.15, 0.2) is 47.4 Å². The quantitative estimate of drug-likeness (QED) is 0.816. The molecule has 0 radical (unpaired) electrons. The van der Waals surface area contributed by atoms with Crippen LogP contribution in [0.5, 0.6) is 11.5 Å². The van der Waals surface area contributed by atoms with Gasteiger partial charge in [-0.3, -0.25) is 4.79 Å². The predicted molar refractivity (Wildman–Crippen MR) is 102 cm³/mol. The molecule has 0 bridgehead atoms. The van der Waals surface area contributed by atoms with Crippen molar-refractivity contribution in [2.75, 3.05) is 25.7 Å². The molecule has 144 valence electrons. The molecule has 1 saturated heterocycles. The number of rotatable bonds is 6. The summed E-state index contributed by atoms with van der Waals surface area (Å²) >= 11 is 0. The van der Waals surface area contributed by atoms with Crippen molar-refractivity contribution in [2.24, 2.45) is 0 Å². The van der Waals surface area contributed by atoms with Gasteiger partial charge in [0.15, 0.2) is 11.5 Å². The van der Waals surface area contributed by atoms with Gasteiger partial charge in [0, 0.05) is 30.8 Å². The number of hydrogen-bond acceptors (Lipinski definition) is 5. The van der Waals surface area contributed by atoms with Gasteiger partial charge in [-0.05, 0) is 31.2 Å². The summed E-state index contributed by atoms with van der Waals surface area (Å²) in [5.41, 5.74) is 1.61. The van der Waals surface area contributed by atoms with Crippen molar-refractivity contribution in [3.63, 3.8) is 0 Å². The van der Waals surface area contributed by atoms with Gasteiger partial charge >= 0.3 is 0 Å². The number of hydrogen-bond donors (Lipinski definition) is 1. The first-order valence-electron chi connectivity index (χ1n) is 8.45. The highest BCUT2D eigenvalue weighted by atomic mass is 32.2. The van der Waals surface area contributed by atoms with Crippen molar-refractivity contribution in [3.8, 4) is 11.5 Å². The molecule has 1 heterocycles. The third kappa shape index (κ3) is 4.06. The maximum absolute atomic E-state index is 12.6. The zero-order valence-electron chi connectivity index (χ0n) is 15.4. The Morgan fingerprint density at radius 1 is 1.04 bits per heavy atom. The Bertz CT molecular complexity index is 941. The lowest BCUT2D eigenvalue weighted by Gasteiger charge is -2.19. The molecule has 0 aliphatic carbocycles. The largest absolute Gasteiger partial charge is 0.493 e. The maximum Gasteiger partial charge on any atom is 0.240 e. The normalized spacial score (nSPS) is 17.2. The second-order valence-electron chi connectivity index (χ2n) is 6.38. The lowest BCUT2D eigenvalue weighted by molar-refractivity contribution is -0.117. The molecule has 2 aromatic rings. The highest BCUT2D eigenvalue weighted by Gasteiger charge is 2.34. The van der Waals surface area contributed by atoms with Crippen LogP contribution >= 0.6 is 0 Å². The zero-order chi connectivity index (χ0) is 19.6. The van der Waals surface area contributed by atoms with Crippen LogP contribution in [-0.4, -0.2) is 41.1 Å². The van der Waals surface area contributed by atoms with Crippen LogP contribution in [-0.2, 0) is 14.8 Å². The monoisotopic (exact) mass is 390 g/mol. The van der Waals surface area contributed by atoms with Crippen LogP contribution in [0.3, 0.4) is 0 Å². The molecule has 0 spiro atoms. The summed E-state index contributed by atoms with van der Waals surface area (Å²) in [5.74, 6) is 0.912. The first-order chi connectivity index (χ1) is 12.8. The van der Waals surface area contributed by atoms with Crippen molar-refractivity contribution in [3.05, 3.63) is 48.0 Å². The number of benzene rings is 2. The minimum absolute atomic E-state index is 0.0967. The average Bonchev–Trinajstić information content (AvgIpc) is 3.00. The number of nitrogens with zero attached hydrogens (tertiary/aromatic N) is 1. The van der Waals surface area contributed by atoms with Gasteiger partial charge in [0.1, 0.15) is 0 Å². The average molecular weight is 390 g/mol. The summed E-state index contributed by atoms with van der Waals surface area (Å²) in [7, 11) is -0.631. The van der Waals surface area contributed by atoms with Crippen molar-refractivity contribution in [2.45, 2.75) is 24.3 Å². The van der Waals surface area contributed by atoms with Crippen LogP contribution in [0.4, 0.5) is 5.69 Å². The van der Waals surface area contributed by atoms with Crippen molar-refractivity contribution >= 4 is 21.6 Å². The Labute approximate surface area is 158 Å². The fourth-order valence-corrected chi connectivity index (χ4v) is 4.26. The van der Waals surface area contributed by atoms with Crippen LogP contribution in [0, 0.1) is 6.92 Å². The van der Waals surface area contributed by atoms with E-state index < -0.39 is 16.1 Å². The number of nitrogens with one attached hydrogen (secondary N) is 1. The topological polar surface area (TPSA) is 84.9 Å². The van der Waals surface area contributed by atoms with Gasteiger partial charge in [-0.15, -0.1) is 0 Å². The molecule has 1 N–H and O–H groups in total. The first-order valence-corrected chi connectivity index (χ1v) is 9.94. The van der Waals surface area contributed by atoms with E-state index in [1.54, 1.807) is 47.4 Å². The Morgan fingerprint density at radius 2 is 1.70 bits per heavy atom. The molecule has 1 aliphatic heterocycles. The number of methoxy groups -OCH3 is 2. The molecular formula is C19H22N2O5S. The number of anilines is 1. The number of amides is 1. The Balaban J connectivity index is 1.76. The highest BCUT2D eigenvalue weighted by molar-refractivity contribution is 7.89. The van der Waals surface area contributed by atoms with Gasteiger partial charge < -0.3 is 14.4 Å². The Kier molecular flexibility index (Phi) is 5.38. The minimum atomic E-state index is -3.69. The summed E-state index contributed by atoms with van der Waals surface area (Å²) in [6.45, 7) is 2.14. The van der Waals surface area contributed by atoms with Gasteiger partial charge in [0.05, 0.1) is 19.1 Å². The summed E-state index contributed by atoms with van der Waals surface area (Å²) < 4.78 is 38.2. The van der Waals surface area contributed by atoms with Crippen LogP contribution in [0.1, 0.15) is 12.0 Å². The second kappa shape index (κ2) is 7.58. The van der Waals surface area contributed by atoms with Crippen molar-refractivity contribution < 1.29 is 22.7 Å². The molecule has 0 saturated carbocycles. The molecule has 0 aromatic heterocycles. The Hall–Kier alpha value is -2.58. The van der Waals surface area contributed by atoms with E-state index in [4.69, 9.17) is 9.47 Å². The summed E-state index contributed by atoms with van der Waals surface area (Å²) in [5, 5.41) is 0. The molecule has 8 heteroatoms. The summed E-state index contributed by atoms with van der Waals surface area (Å²) in [4.78, 5) is 14.2. The van der Waals surface area contributed by atoms with Crippen molar-refractivity contribution in [1.82, 2.24) is 4.72 Å². The fourth-order valence-electron chi connectivity index (χ4n) is 3.03. The van der Waals surface area contributed by atoms with E-state index in [2.05, 4.69) is 4.72 Å². The number of carbonyl (C=O) groups is 1. The van der Waals surface area contributed by atoms with E-state index in [9.17, 15) is 13.2 Å². The predicted octanol–water partition coefficient (Wildman–Crippen LogP) is 2.10. The first kappa shape index (κ1) is 19.2. The standard InChI is InChI=1S/C19H22N2O5S/c1-13-4-7-16(8-5-13)27(23,24)20-14-10-19(22)21(12-14)15-6-9-17(25-2)18(11-15)26-3/h4-9,11,14,20H,10,12H2,1-3H3/t14-/m0/s1. The molecule has 2 aromatic carbocycles. The molecule has 7 nitrogen and oxygen atoms in total. The molecule has 27 heavy (non-hydrogen) atoms. The molecule has 1 fully saturated rings. The molecule has 0 unspecified atom stereocenters. The van der Waals surface area contributed by atoms with Gasteiger partial charge in [-0.25, -0.2) is 13.1 Å². The number of aryl methyl sites for hydroxylation is 1. The SMILES string of the molecule is COc1ccc(N2C[C@@H](NS(=O)(=O)c3ccc(C)cc3)CC2=O)cc1OC. The third-order valence-corrected chi connectivity index (χ3v) is 5.99. The number of ether oxygens (including phenoxy) is 2. The summed E-state index contributed by atoms with van der Waals surface area (Å²) in [6.07, 6.45) is 0.0967. The van der Waals surface area contributed by atoms with Crippen molar-refractivity contribution in [1.29, 1.82) is 0 Å². The van der Waals surface area contributed by atoms with Crippen LogP contribution in [0.25, 0.3) is 0 Å². The lowest BCUT2D eigenvalue weighted by atomic mass is 10.2. The minimum Gasteiger partial charge on any atom is -0.493 e. The van der Waals surface area contributed by atoms with E-state index in [0.29, 0.717) is 17.2 Å². The lowest BCUT2D eigenvalue weighted by Crippen LogP contribution is -2.37. The van der Waals surface area contributed by atoms with E-state index in [1.807, 2.05) is 6.92 Å².